The minimum atomic E-state index is -0.0702. The van der Waals surface area contributed by atoms with Gasteiger partial charge in [-0.3, -0.25) is 4.79 Å². The van der Waals surface area contributed by atoms with Crippen molar-refractivity contribution >= 4 is 11.6 Å². The Kier molecular flexibility index (Phi) is 8.03. The van der Waals surface area contributed by atoms with Crippen molar-refractivity contribution in [2.24, 2.45) is 23.7 Å². The maximum atomic E-state index is 13.7. The van der Waals surface area contributed by atoms with Gasteiger partial charge in [-0.15, -0.1) is 0 Å². The Morgan fingerprint density at radius 1 is 0.966 bits per heavy atom. The lowest BCUT2D eigenvalue weighted by molar-refractivity contribution is -0.135. The first-order valence-electron chi connectivity index (χ1n) is 12.1. The van der Waals surface area contributed by atoms with Crippen molar-refractivity contribution in [1.29, 1.82) is 0 Å². The van der Waals surface area contributed by atoms with Gasteiger partial charge in [0, 0.05) is 18.8 Å². The molecule has 1 amide bonds. The molecule has 0 aromatic heterocycles. The van der Waals surface area contributed by atoms with E-state index in [1.165, 1.54) is 43.4 Å². The Balaban J connectivity index is 1.76. The molecule has 3 nitrogen and oxygen atoms in total. The number of benzene rings is 1. The van der Waals surface area contributed by atoms with Crippen LogP contribution in [0.2, 0.25) is 0 Å². The smallest absolute Gasteiger partial charge is 0.245 e. The van der Waals surface area contributed by atoms with E-state index in [4.69, 9.17) is 0 Å². The lowest BCUT2D eigenvalue weighted by Gasteiger charge is -2.39. The number of anilines is 1. The molecule has 29 heavy (non-hydrogen) atoms. The third-order valence-electron chi connectivity index (χ3n) is 7.14. The first-order chi connectivity index (χ1) is 14.0. The van der Waals surface area contributed by atoms with Crippen molar-refractivity contribution in [2.45, 2.75) is 85.1 Å². The standard InChI is InChI=1S/C26H42N2O/c1-19(2)18-23-12-8-9-13-24(23)27-25(22-10-6-5-7-11-22)26(29)28-16-14-21(15-17-28)20(3)4/h8-9,12-13,19-22,25,27H,5-7,10-11,14-18H2,1-4H3/t25-/m1/s1. The Morgan fingerprint density at radius 2 is 1.62 bits per heavy atom. The third kappa shape index (κ3) is 5.99. The van der Waals surface area contributed by atoms with Crippen molar-refractivity contribution in [3.05, 3.63) is 29.8 Å². The van der Waals surface area contributed by atoms with E-state index < -0.39 is 0 Å². The largest absolute Gasteiger partial charge is 0.373 e. The SMILES string of the molecule is CC(C)Cc1ccccc1N[C@@H](C(=O)N1CCC(C(C)C)CC1)C1CCCCC1. The summed E-state index contributed by atoms with van der Waals surface area (Å²) in [6.07, 6.45) is 9.57. The molecule has 1 N–H and O–H groups in total. The Labute approximate surface area is 178 Å². The molecule has 0 unspecified atom stereocenters. The van der Waals surface area contributed by atoms with Gasteiger partial charge in [0.2, 0.25) is 5.91 Å². The van der Waals surface area contributed by atoms with E-state index in [0.29, 0.717) is 17.7 Å². The van der Waals surface area contributed by atoms with Crippen LogP contribution in [0.25, 0.3) is 0 Å². The summed E-state index contributed by atoms with van der Waals surface area (Å²) in [7, 11) is 0. The molecule has 1 heterocycles. The molecule has 0 spiro atoms. The number of amides is 1. The third-order valence-corrected chi connectivity index (χ3v) is 7.14. The topological polar surface area (TPSA) is 32.3 Å². The highest BCUT2D eigenvalue weighted by atomic mass is 16.2. The predicted octanol–water partition coefficient (Wildman–Crippen LogP) is 6.14. The average molecular weight is 399 g/mol. The van der Waals surface area contributed by atoms with Crippen molar-refractivity contribution < 1.29 is 4.79 Å². The van der Waals surface area contributed by atoms with Gasteiger partial charge in [0.25, 0.3) is 0 Å². The van der Waals surface area contributed by atoms with Gasteiger partial charge in [-0.2, -0.15) is 0 Å². The molecule has 162 valence electrons. The fourth-order valence-electron chi connectivity index (χ4n) is 5.28. The number of hydrogen-bond donors (Lipinski definition) is 1. The number of carbonyl (C=O) groups excluding carboxylic acids is 1. The summed E-state index contributed by atoms with van der Waals surface area (Å²) < 4.78 is 0. The van der Waals surface area contributed by atoms with Crippen LogP contribution in [0.4, 0.5) is 5.69 Å². The van der Waals surface area contributed by atoms with Crippen LogP contribution in [-0.2, 0) is 11.2 Å². The number of hydrogen-bond acceptors (Lipinski definition) is 2. The quantitative estimate of drug-likeness (QED) is 0.598. The summed E-state index contributed by atoms with van der Waals surface area (Å²) in [5.41, 5.74) is 2.51. The van der Waals surface area contributed by atoms with E-state index in [9.17, 15) is 4.79 Å². The fraction of sp³-hybridized carbons (Fsp3) is 0.731. The summed E-state index contributed by atoms with van der Waals surface area (Å²) >= 11 is 0. The van der Waals surface area contributed by atoms with Crippen LogP contribution in [0.3, 0.4) is 0 Å². The van der Waals surface area contributed by atoms with Gasteiger partial charge in [-0.25, -0.2) is 0 Å². The van der Waals surface area contributed by atoms with Crippen LogP contribution in [0.15, 0.2) is 24.3 Å². The van der Waals surface area contributed by atoms with Gasteiger partial charge in [0.15, 0.2) is 0 Å². The molecule has 1 saturated heterocycles. The zero-order valence-corrected chi connectivity index (χ0v) is 19.1. The predicted molar refractivity (Wildman–Crippen MR) is 123 cm³/mol. The first kappa shape index (κ1) is 22.2. The second-order valence-electron chi connectivity index (χ2n) is 10.2. The van der Waals surface area contributed by atoms with E-state index in [0.717, 1.165) is 44.2 Å². The Bertz CT molecular complexity index is 640. The molecule has 2 fully saturated rings. The molecule has 1 aliphatic carbocycles. The normalized spacial score (nSPS) is 20.3. The molecule has 0 bridgehead atoms. The summed E-state index contributed by atoms with van der Waals surface area (Å²) in [4.78, 5) is 15.8. The highest BCUT2D eigenvalue weighted by Gasteiger charge is 2.34. The monoisotopic (exact) mass is 398 g/mol. The summed E-state index contributed by atoms with van der Waals surface area (Å²) in [6.45, 7) is 11.0. The molecule has 0 radical (unpaired) electrons. The number of likely N-dealkylation sites (tertiary alicyclic amines) is 1. The minimum absolute atomic E-state index is 0.0702. The maximum absolute atomic E-state index is 13.7. The molecule has 3 heteroatoms. The van der Waals surface area contributed by atoms with E-state index in [-0.39, 0.29) is 6.04 Å². The number of rotatable bonds is 7. The Morgan fingerprint density at radius 3 is 2.24 bits per heavy atom. The lowest BCUT2D eigenvalue weighted by Crippen LogP contribution is -2.50. The number of nitrogens with zero attached hydrogens (tertiary/aromatic N) is 1. The summed E-state index contributed by atoms with van der Waals surface area (Å²) in [5.74, 6) is 2.91. The van der Waals surface area contributed by atoms with Crippen molar-refractivity contribution in [1.82, 2.24) is 4.90 Å². The zero-order chi connectivity index (χ0) is 20.8. The van der Waals surface area contributed by atoms with Crippen LogP contribution >= 0.6 is 0 Å². The molecule has 2 aliphatic rings. The highest BCUT2D eigenvalue weighted by molar-refractivity contribution is 5.85. The van der Waals surface area contributed by atoms with Gasteiger partial charge in [0.1, 0.15) is 6.04 Å². The molecule has 1 aromatic carbocycles. The zero-order valence-electron chi connectivity index (χ0n) is 19.1. The van der Waals surface area contributed by atoms with Crippen molar-refractivity contribution in [3.8, 4) is 0 Å². The second-order valence-corrected chi connectivity index (χ2v) is 10.2. The van der Waals surface area contributed by atoms with Crippen LogP contribution < -0.4 is 5.32 Å². The number of carbonyl (C=O) groups is 1. The molecule has 3 rings (SSSR count). The highest BCUT2D eigenvalue weighted by Crippen LogP contribution is 2.32. The molecular formula is C26H42N2O. The van der Waals surface area contributed by atoms with Gasteiger partial charge < -0.3 is 10.2 Å². The van der Waals surface area contributed by atoms with E-state index in [1.54, 1.807) is 0 Å². The van der Waals surface area contributed by atoms with E-state index >= 15 is 0 Å². The summed E-state index contributed by atoms with van der Waals surface area (Å²) in [5, 5.41) is 3.76. The molecular weight excluding hydrogens is 356 g/mol. The molecule has 1 aromatic rings. The van der Waals surface area contributed by atoms with Crippen LogP contribution in [-0.4, -0.2) is 29.9 Å². The minimum Gasteiger partial charge on any atom is -0.373 e. The number of piperidine rings is 1. The second kappa shape index (κ2) is 10.5. The summed E-state index contributed by atoms with van der Waals surface area (Å²) in [6, 6.07) is 8.55. The van der Waals surface area contributed by atoms with E-state index in [2.05, 4.69) is 62.2 Å². The van der Waals surface area contributed by atoms with Gasteiger partial charge >= 0.3 is 0 Å². The van der Waals surface area contributed by atoms with Gasteiger partial charge in [0.05, 0.1) is 0 Å². The number of nitrogens with one attached hydrogen (secondary N) is 1. The van der Waals surface area contributed by atoms with Gasteiger partial charge in [-0.05, 0) is 67.4 Å². The van der Waals surface area contributed by atoms with Crippen LogP contribution in [0.1, 0.15) is 78.2 Å². The maximum Gasteiger partial charge on any atom is 0.245 e. The van der Waals surface area contributed by atoms with Crippen molar-refractivity contribution in [2.75, 3.05) is 18.4 Å². The molecule has 1 atom stereocenters. The van der Waals surface area contributed by atoms with Crippen LogP contribution in [0, 0.1) is 23.7 Å². The van der Waals surface area contributed by atoms with Gasteiger partial charge in [-0.1, -0.05) is 65.2 Å². The van der Waals surface area contributed by atoms with Crippen molar-refractivity contribution in [3.63, 3.8) is 0 Å². The first-order valence-corrected chi connectivity index (χ1v) is 12.1. The molecule has 1 aliphatic heterocycles. The fourth-order valence-corrected chi connectivity index (χ4v) is 5.28. The van der Waals surface area contributed by atoms with E-state index in [1.807, 2.05) is 0 Å². The van der Waals surface area contributed by atoms with Crippen LogP contribution in [0.5, 0.6) is 0 Å². The lowest BCUT2D eigenvalue weighted by atomic mass is 9.82. The number of para-hydroxylation sites is 1. The molecule has 1 saturated carbocycles. The Hall–Kier alpha value is -1.51. The average Bonchev–Trinajstić information content (AvgIpc) is 2.73.